The fraction of sp³-hybridized carbons (Fsp3) is 0.792. The van der Waals surface area contributed by atoms with Crippen LogP contribution in [0.25, 0.3) is 0 Å². The van der Waals surface area contributed by atoms with Crippen molar-refractivity contribution in [3.63, 3.8) is 0 Å². The van der Waals surface area contributed by atoms with E-state index in [1.54, 1.807) is 52.3 Å². The highest BCUT2D eigenvalue weighted by Crippen LogP contribution is 2.05. The van der Waals surface area contributed by atoms with Crippen molar-refractivity contribution in [1.82, 2.24) is 57.5 Å². The highest BCUT2D eigenvalue weighted by Gasteiger charge is 2.22. The van der Waals surface area contributed by atoms with Crippen LogP contribution >= 0.6 is 0 Å². The molecule has 10 amide bonds. The molecule has 40 heavy (non-hydrogen) atoms. The maximum Gasteiger partial charge on any atom is 0.337 e. The molecule has 0 radical (unpaired) electrons. The van der Waals surface area contributed by atoms with Crippen LogP contribution in [-0.4, -0.2) is 119 Å². The number of nitrogens with zero attached hydrogens (tertiary/aromatic N) is 4. The molecule has 0 aliphatic heterocycles. The maximum absolute atomic E-state index is 12.7. The van der Waals surface area contributed by atoms with Crippen molar-refractivity contribution in [2.24, 2.45) is 0 Å². The van der Waals surface area contributed by atoms with Crippen LogP contribution in [0.3, 0.4) is 0 Å². The lowest BCUT2D eigenvalue weighted by Crippen LogP contribution is -2.54. The molecule has 0 aromatic rings. The predicted molar refractivity (Wildman–Crippen MR) is 153 cm³/mol. The van der Waals surface area contributed by atoms with Crippen LogP contribution in [0.15, 0.2) is 0 Å². The minimum absolute atomic E-state index is 0.164. The molecule has 0 fully saturated rings. The SMILES string of the molecule is CN(C)NC(=O)NCCCCCCCN(C(=O)NCCCCCCNC(=O)NN(C)C)C(=O)NC(=O)NN(C)C. The lowest BCUT2D eigenvalue weighted by atomic mass is 10.1. The summed E-state index contributed by atoms with van der Waals surface area (Å²) < 4.78 is 0. The quantitative estimate of drug-likeness (QED) is 0.0934. The third-order valence-corrected chi connectivity index (χ3v) is 5.20. The van der Waals surface area contributed by atoms with Gasteiger partial charge in [-0.3, -0.25) is 21.6 Å². The van der Waals surface area contributed by atoms with Gasteiger partial charge in [0.1, 0.15) is 0 Å². The van der Waals surface area contributed by atoms with Gasteiger partial charge in [0.25, 0.3) is 0 Å². The monoisotopic (exact) mass is 573 g/mol. The van der Waals surface area contributed by atoms with Gasteiger partial charge < -0.3 is 16.0 Å². The number of nitrogens with one attached hydrogen (secondary N) is 7. The predicted octanol–water partition coefficient (Wildman–Crippen LogP) is 0.956. The molecule has 16 heteroatoms. The lowest BCUT2D eigenvalue weighted by molar-refractivity contribution is 0.180. The summed E-state index contributed by atoms with van der Waals surface area (Å²) in [5.41, 5.74) is 7.61. The van der Waals surface area contributed by atoms with Crippen molar-refractivity contribution in [3.05, 3.63) is 0 Å². The molecule has 0 aliphatic carbocycles. The Morgan fingerprint density at radius 2 is 0.825 bits per heavy atom. The molecule has 0 spiro atoms. The van der Waals surface area contributed by atoms with Crippen LogP contribution in [-0.2, 0) is 0 Å². The molecule has 232 valence electrons. The normalized spacial score (nSPS) is 10.7. The number of rotatable bonds is 18. The van der Waals surface area contributed by atoms with Crippen LogP contribution in [0, 0.1) is 0 Å². The zero-order chi connectivity index (χ0) is 30.3. The van der Waals surface area contributed by atoms with Gasteiger partial charge in [-0.2, -0.15) is 0 Å². The number of hydrogen-bond acceptors (Lipinski definition) is 8. The summed E-state index contributed by atoms with van der Waals surface area (Å²) in [4.78, 5) is 61.4. The number of hydrogen-bond donors (Lipinski definition) is 7. The first-order valence-corrected chi connectivity index (χ1v) is 13.7. The van der Waals surface area contributed by atoms with Crippen molar-refractivity contribution in [3.8, 4) is 0 Å². The molecule has 0 aromatic heterocycles. The summed E-state index contributed by atoms with van der Waals surface area (Å²) >= 11 is 0. The third kappa shape index (κ3) is 21.6. The molecule has 16 nitrogen and oxygen atoms in total. The number of amides is 10. The van der Waals surface area contributed by atoms with Crippen LogP contribution in [0.1, 0.15) is 57.8 Å². The molecule has 0 unspecified atom stereocenters. The fourth-order valence-corrected chi connectivity index (χ4v) is 3.40. The summed E-state index contributed by atoms with van der Waals surface area (Å²) in [6.07, 6.45) is 7.20. The van der Waals surface area contributed by atoms with E-state index in [9.17, 15) is 24.0 Å². The highest BCUT2D eigenvalue weighted by molar-refractivity contribution is 6.01. The minimum Gasteiger partial charge on any atom is -0.338 e. The first-order valence-electron chi connectivity index (χ1n) is 13.7. The Balaban J connectivity index is 4.40. The van der Waals surface area contributed by atoms with E-state index < -0.39 is 18.1 Å². The second-order valence-electron chi connectivity index (χ2n) is 9.86. The lowest BCUT2D eigenvalue weighted by Gasteiger charge is -2.22. The Morgan fingerprint density at radius 3 is 1.27 bits per heavy atom. The topological polar surface area (TPSA) is 183 Å². The van der Waals surface area contributed by atoms with Gasteiger partial charge in [0, 0.05) is 68.5 Å². The molecule has 0 atom stereocenters. The molecular formula is C24H51N11O5. The Kier molecular flexibility index (Phi) is 20.6. The van der Waals surface area contributed by atoms with Crippen molar-refractivity contribution >= 4 is 30.2 Å². The van der Waals surface area contributed by atoms with Gasteiger partial charge >= 0.3 is 30.2 Å². The fourth-order valence-electron chi connectivity index (χ4n) is 3.40. The molecule has 0 heterocycles. The van der Waals surface area contributed by atoms with Gasteiger partial charge in [0.15, 0.2) is 0 Å². The highest BCUT2D eigenvalue weighted by atomic mass is 16.2. The van der Waals surface area contributed by atoms with Crippen molar-refractivity contribution in [2.45, 2.75) is 57.8 Å². The smallest absolute Gasteiger partial charge is 0.337 e. The van der Waals surface area contributed by atoms with Crippen molar-refractivity contribution in [1.29, 1.82) is 0 Å². The summed E-state index contributed by atoms with van der Waals surface area (Å²) in [5.74, 6) is 0. The number of urea groups is 5. The largest absolute Gasteiger partial charge is 0.338 e. The van der Waals surface area contributed by atoms with Gasteiger partial charge in [-0.15, -0.1) is 0 Å². The van der Waals surface area contributed by atoms with E-state index >= 15 is 0 Å². The van der Waals surface area contributed by atoms with Gasteiger partial charge in [-0.05, 0) is 25.7 Å². The zero-order valence-corrected chi connectivity index (χ0v) is 25.0. The average Bonchev–Trinajstić information content (AvgIpc) is 2.82. The van der Waals surface area contributed by atoms with Gasteiger partial charge in [-0.1, -0.05) is 32.1 Å². The molecule has 0 bridgehead atoms. The summed E-state index contributed by atoms with van der Waals surface area (Å²) in [7, 11) is 10.1. The van der Waals surface area contributed by atoms with E-state index in [1.807, 2.05) is 0 Å². The molecule has 0 rings (SSSR count). The Bertz CT molecular complexity index is 765. The molecule has 7 N–H and O–H groups in total. The Morgan fingerprint density at radius 1 is 0.450 bits per heavy atom. The van der Waals surface area contributed by atoms with Gasteiger partial charge in [-0.25, -0.2) is 43.9 Å². The molecule has 0 saturated carbocycles. The first kappa shape index (κ1) is 36.6. The second-order valence-corrected chi connectivity index (χ2v) is 9.86. The number of carbonyl (C=O) groups excluding carboxylic acids is 5. The molecule has 0 aromatic carbocycles. The van der Waals surface area contributed by atoms with Gasteiger partial charge in [0.05, 0.1) is 0 Å². The second kappa shape index (κ2) is 22.4. The van der Waals surface area contributed by atoms with E-state index in [0.717, 1.165) is 49.8 Å². The third-order valence-electron chi connectivity index (χ3n) is 5.20. The first-order chi connectivity index (χ1) is 18.9. The minimum atomic E-state index is -0.796. The number of unbranched alkanes of at least 4 members (excludes halogenated alkanes) is 7. The van der Waals surface area contributed by atoms with E-state index in [0.29, 0.717) is 32.5 Å². The van der Waals surface area contributed by atoms with Crippen LogP contribution in [0.5, 0.6) is 0 Å². The number of hydrazine groups is 3. The molecule has 0 aliphatic rings. The maximum atomic E-state index is 12.7. The zero-order valence-electron chi connectivity index (χ0n) is 25.0. The standard InChI is InChI=1S/C24H51N11O5/c1-32(2)29-20(36)25-16-12-8-7-11-15-19-35(24(40)28-22(38)31-34(5)6)23(39)27-18-14-10-9-13-17-26-21(37)30-33(3)4/h7-19H2,1-6H3,(H,27,39)(H2,25,29,36)(H2,26,30,37)(H2,28,31,38,40). The van der Waals surface area contributed by atoms with Crippen LogP contribution in [0.2, 0.25) is 0 Å². The van der Waals surface area contributed by atoms with Crippen molar-refractivity contribution in [2.75, 3.05) is 68.5 Å². The number of imide groups is 2. The van der Waals surface area contributed by atoms with Crippen LogP contribution in [0.4, 0.5) is 24.0 Å². The van der Waals surface area contributed by atoms with E-state index in [2.05, 4.69) is 37.5 Å². The molecular weight excluding hydrogens is 522 g/mol. The Hall–Kier alpha value is -3.37. The average molecular weight is 574 g/mol. The van der Waals surface area contributed by atoms with E-state index in [-0.39, 0.29) is 18.6 Å². The summed E-state index contributed by atoms with van der Waals surface area (Å²) in [6, 6.07) is -2.59. The van der Waals surface area contributed by atoms with Crippen LogP contribution < -0.4 is 37.5 Å². The summed E-state index contributed by atoms with van der Waals surface area (Å²) in [5, 5.41) is 15.0. The summed E-state index contributed by atoms with van der Waals surface area (Å²) in [6.45, 7) is 1.66. The van der Waals surface area contributed by atoms with E-state index in [4.69, 9.17) is 0 Å². The Labute approximate surface area is 238 Å². The van der Waals surface area contributed by atoms with Crippen molar-refractivity contribution < 1.29 is 24.0 Å². The van der Waals surface area contributed by atoms with Gasteiger partial charge in [0.2, 0.25) is 0 Å². The number of carbonyl (C=O) groups is 5. The van der Waals surface area contributed by atoms with E-state index in [1.165, 1.54) is 5.01 Å². The molecule has 0 saturated heterocycles.